The molecule has 0 spiro atoms. The number of ether oxygens (including phenoxy) is 1. The van der Waals surface area contributed by atoms with Gasteiger partial charge in [-0.2, -0.15) is 0 Å². The van der Waals surface area contributed by atoms with Gasteiger partial charge in [0.05, 0.1) is 0 Å². The van der Waals surface area contributed by atoms with E-state index in [-0.39, 0.29) is 5.91 Å². The SMILES string of the molecule is CN(C)C(=O)c1ccc(OCC2CCCN2)nn1. The maximum Gasteiger partial charge on any atom is 0.273 e. The number of hydrogen-bond donors (Lipinski definition) is 1. The highest BCUT2D eigenvalue weighted by Gasteiger charge is 2.15. The number of carbonyl (C=O) groups is 1. The summed E-state index contributed by atoms with van der Waals surface area (Å²) in [6.45, 7) is 1.64. The number of nitrogens with one attached hydrogen (secondary N) is 1. The van der Waals surface area contributed by atoms with E-state index in [1.807, 2.05) is 0 Å². The van der Waals surface area contributed by atoms with Gasteiger partial charge in [-0.25, -0.2) is 0 Å². The van der Waals surface area contributed by atoms with Crippen LogP contribution < -0.4 is 10.1 Å². The number of carbonyl (C=O) groups excluding carboxylic acids is 1. The lowest BCUT2D eigenvalue weighted by Gasteiger charge is -2.11. The molecule has 1 amide bonds. The predicted molar refractivity (Wildman–Crippen MR) is 66.6 cm³/mol. The lowest BCUT2D eigenvalue weighted by Crippen LogP contribution is -2.28. The molecule has 0 radical (unpaired) electrons. The molecule has 1 atom stereocenters. The molecule has 0 aliphatic carbocycles. The average molecular weight is 250 g/mol. The average Bonchev–Trinajstić information content (AvgIpc) is 2.89. The summed E-state index contributed by atoms with van der Waals surface area (Å²) < 4.78 is 5.52. The largest absolute Gasteiger partial charge is 0.475 e. The molecule has 6 nitrogen and oxygen atoms in total. The van der Waals surface area contributed by atoms with Gasteiger partial charge in [0, 0.05) is 26.2 Å². The highest BCUT2D eigenvalue weighted by atomic mass is 16.5. The van der Waals surface area contributed by atoms with Gasteiger partial charge < -0.3 is 15.0 Å². The van der Waals surface area contributed by atoms with E-state index >= 15 is 0 Å². The molecule has 1 N–H and O–H groups in total. The minimum absolute atomic E-state index is 0.161. The summed E-state index contributed by atoms with van der Waals surface area (Å²) >= 11 is 0. The summed E-state index contributed by atoms with van der Waals surface area (Å²) in [5, 5.41) is 11.1. The Balaban J connectivity index is 1.89. The molecular weight excluding hydrogens is 232 g/mol. The molecule has 0 bridgehead atoms. The fourth-order valence-electron chi connectivity index (χ4n) is 1.83. The zero-order valence-electron chi connectivity index (χ0n) is 10.7. The second-order valence-corrected chi connectivity index (χ2v) is 4.56. The Morgan fingerprint density at radius 1 is 1.50 bits per heavy atom. The number of nitrogens with zero attached hydrogens (tertiary/aromatic N) is 3. The van der Waals surface area contributed by atoms with Crippen LogP contribution >= 0.6 is 0 Å². The Morgan fingerprint density at radius 3 is 2.89 bits per heavy atom. The van der Waals surface area contributed by atoms with Crippen LogP contribution in [0.3, 0.4) is 0 Å². The van der Waals surface area contributed by atoms with Crippen LogP contribution in [0.4, 0.5) is 0 Å². The zero-order valence-corrected chi connectivity index (χ0v) is 10.7. The van der Waals surface area contributed by atoms with Crippen molar-refractivity contribution in [2.24, 2.45) is 0 Å². The molecule has 0 saturated carbocycles. The topological polar surface area (TPSA) is 67.3 Å². The molecule has 1 saturated heterocycles. The standard InChI is InChI=1S/C12H18N4O2/c1-16(2)12(17)10-5-6-11(15-14-10)18-8-9-4-3-7-13-9/h5-6,9,13H,3-4,7-8H2,1-2H3. The number of hydrogen-bond acceptors (Lipinski definition) is 5. The van der Waals surface area contributed by atoms with E-state index in [1.165, 1.54) is 11.3 Å². The Bertz CT molecular complexity index is 399. The molecule has 98 valence electrons. The first-order valence-electron chi connectivity index (χ1n) is 6.08. The summed E-state index contributed by atoms with van der Waals surface area (Å²) in [5.41, 5.74) is 0.325. The van der Waals surface area contributed by atoms with Crippen molar-refractivity contribution in [3.05, 3.63) is 17.8 Å². The van der Waals surface area contributed by atoms with Crippen LogP contribution in [0, 0.1) is 0 Å². The highest BCUT2D eigenvalue weighted by Crippen LogP contribution is 2.09. The summed E-state index contributed by atoms with van der Waals surface area (Å²) in [7, 11) is 3.36. The van der Waals surface area contributed by atoms with Gasteiger partial charge in [-0.15, -0.1) is 10.2 Å². The van der Waals surface area contributed by atoms with E-state index in [9.17, 15) is 4.79 Å². The van der Waals surface area contributed by atoms with Crippen molar-refractivity contribution in [3.8, 4) is 5.88 Å². The van der Waals surface area contributed by atoms with Gasteiger partial charge in [0.25, 0.3) is 5.91 Å². The van der Waals surface area contributed by atoms with Crippen LogP contribution in [0.15, 0.2) is 12.1 Å². The van der Waals surface area contributed by atoms with E-state index < -0.39 is 0 Å². The van der Waals surface area contributed by atoms with Gasteiger partial charge in [0.2, 0.25) is 5.88 Å². The van der Waals surface area contributed by atoms with Crippen molar-refractivity contribution in [1.29, 1.82) is 0 Å². The van der Waals surface area contributed by atoms with E-state index in [2.05, 4.69) is 15.5 Å². The molecule has 6 heteroatoms. The van der Waals surface area contributed by atoms with Gasteiger partial charge in [-0.3, -0.25) is 4.79 Å². The van der Waals surface area contributed by atoms with Gasteiger partial charge >= 0.3 is 0 Å². The normalized spacial score (nSPS) is 18.7. The lowest BCUT2D eigenvalue weighted by molar-refractivity contribution is 0.0820. The monoisotopic (exact) mass is 250 g/mol. The van der Waals surface area contributed by atoms with Crippen molar-refractivity contribution < 1.29 is 9.53 Å². The van der Waals surface area contributed by atoms with Crippen LogP contribution in [-0.4, -0.2) is 54.3 Å². The van der Waals surface area contributed by atoms with Crippen molar-refractivity contribution in [2.75, 3.05) is 27.2 Å². The van der Waals surface area contributed by atoms with Crippen molar-refractivity contribution in [2.45, 2.75) is 18.9 Å². The van der Waals surface area contributed by atoms with Crippen LogP contribution in [0.25, 0.3) is 0 Å². The van der Waals surface area contributed by atoms with E-state index in [4.69, 9.17) is 4.74 Å². The molecule has 18 heavy (non-hydrogen) atoms. The van der Waals surface area contributed by atoms with Crippen molar-refractivity contribution in [3.63, 3.8) is 0 Å². The molecule has 1 aliphatic heterocycles. The van der Waals surface area contributed by atoms with Crippen molar-refractivity contribution in [1.82, 2.24) is 20.4 Å². The minimum Gasteiger partial charge on any atom is -0.475 e. The fraction of sp³-hybridized carbons (Fsp3) is 0.583. The first-order chi connectivity index (χ1) is 8.66. The Hall–Kier alpha value is -1.69. The molecular formula is C12H18N4O2. The first-order valence-corrected chi connectivity index (χ1v) is 6.08. The fourth-order valence-corrected chi connectivity index (χ4v) is 1.83. The molecule has 0 aromatic carbocycles. The summed E-state index contributed by atoms with van der Waals surface area (Å²) in [6, 6.07) is 3.71. The number of rotatable bonds is 4. The second kappa shape index (κ2) is 5.77. The van der Waals surface area contributed by atoms with Gasteiger partial charge in [0.15, 0.2) is 5.69 Å². The van der Waals surface area contributed by atoms with E-state index in [1.54, 1.807) is 26.2 Å². The third kappa shape index (κ3) is 3.16. The summed E-state index contributed by atoms with van der Waals surface area (Å²) in [6.07, 6.45) is 2.32. The van der Waals surface area contributed by atoms with E-state index in [0.29, 0.717) is 24.2 Å². The first kappa shape index (κ1) is 12.8. The number of aromatic nitrogens is 2. The highest BCUT2D eigenvalue weighted by molar-refractivity contribution is 5.91. The molecule has 1 aliphatic rings. The zero-order chi connectivity index (χ0) is 13.0. The molecule has 1 aromatic heterocycles. The molecule has 1 fully saturated rings. The van der Waals surface area contributed by atoms with Crippen molar-refractivity contribution >= 4 is 5.91 Å². The van der Waals surface area contributed by atoms with Gasteiger partial charge in [0.1, 0.15) is 6.61 Å². The second-order valence-electron chi connectivity index (χ2n) is 4.56. The van der Waals surface area contributed by atoms with Gasteiger partial charge in [-0.1, -0.05) is 0 Å². The van der Waals surface area contributed by atoms with Crippen LogP contribution in [0.1, 0.15) is 23.3 Å². The third-order valence-corrected chi connectivity index (χ3v) is 2.86. The lowest BCUT2D eigenvalue weighted by atomic mass is 10.2. The molecule has 2 heterocycles. The van der Waals surface area contributed by atoms with E-state index in [0.717, 1.165) is 13.0 Å². The third-order valence-electron chi connectivity index (χ3n) is 2.86. The number of amides is 1. The van der Waals surface area contributed by atoms with Crippen LogP contribution in [0.5, 0.6) is 5.88 Å². The smallest absolute Gasteiger partial charge is 0.273 e. The molecule has 2 rings (SSSR count). The minimum atomic E-state index is -0.161. The Kier molecular flexibility index (Phi) is 4.09. The Labute approximate surface area is 106 Å². The quantitative estimate of drug-likeness (QED) is 0.833. The molecule has 1 aromatic rings. The predicted octanol–water partition coefficient (Wildman–Crippen LogP) is 0.309. The maximum absolute atomic E-state index is 11.6. The summed E-state index contributed by atoms with van der Waals surface area (Å²) in [5.74, 6) is 0.297. The van der Waals surface area contributed by atoms with Gasteiger partial charge in [-0.05, 0) is 25.5 Å². The molecule has 1 unspecified atom stereocenters. The summed E-state index contributed by atoms with van der Waals surface area (Å²) in [4.78, 5) is 13.1. The maximum atomic E-state index is 11.6. The Morgan fingerprint density at radius 2 is 2.33 bits per heavy atom. The van der Waals surface area contributed by atoms with Crippen LogP contribution in [-0.2, 0) is 0 Å². The van der Waals surface area contributed by atoms with Crippen LogP contribution in [0.2, 0.25) is 0 Å².